The van der Waals surface area contributed by atoms with E-state index in [1.165, 1.54) is 0 Å². The van der Waals surface area contributed by atoms with Crippen molar-refractivity contribution in [1.29, 1.82) is 0 Å². The Morgan fingerprint density at radius 2 is 1.29 bits per heavy atom. The zero-order chi connectivity index (χ0) is 12.7. The smallest absolute Gasteiger partial charge is 0.258 e. The molecule has 0 aliphatic carbocycles. The van der Waals surface area contributed by atoms with Gasteiger partial charge in [-0.2, -0.15) is 8.75 Å². The van der Waals surface area contributed by atoms with Crippen molar-refractivity contribution in [1.82, 2.24) is 8.75 Å². The minimum absolute atomic E-state index is 0.0406. The summed E-state index contributed by atoms with van der Waals surface area (Å²) in [6, 6.07) is 0. The van der Waals surface area contributed by atoms with Crippen LogP contribution in [0.1, 0.15) is 0 Å². The SMILES string of the molecule is O=[N+]([O-])c1c([N+](=O)[O-])c(Br)c2nsnc2c1Br. The molecule has 0 saturated heterocycles. The van der Waals surface area contributed by atoms with Gasteiger partial charge in [0.2, 0.25) is 0 Å². The summed E-state index contributed by atoms with van der Waals surface area (Å²) in [5.41, 5.74) is -0.831. The molecule has 0 saturated carbocycles. The number of fused-ring (bicyclic) bond motifs is 1. The number of hydrogen-bond donors (Lipinski definition) is 0. The Balaban J connectivity index is 3.03. The summed E-state index contributed by atoms with van der Waals surface area (Å²) in [4.78, 5) is 20.1. The molecule has 0 amide bonds. The van der Waals surface area contributed by atoms with Gasteiger partial charge in [-0.3, -0.25) is 20.2 Å². The summed E-state index contributed by atoms with van der Waals surface area (Å²) in [6.07, 6.45) is 0. The van der Waals surface area contributed by atoms with Crippen molar-refractivity contribution < 1.29 is 9.85 Å². The van der Waals surface area contributed by atoms with Crippen molar-refractivity contribution in [2.45, 2.75) is 0 Å². The van der Waals surface area contributed by atoms with Crippen LogP contribution in [0.5, 0.6) is 0 Å². The lowest BCUT2D eigenvalue weighted by Crippen LogP contribution is -1.99. The number of aromatic nitrogens is 2. The van der Waals surface area contributed by atoms with Gasteiger partial charge < -0.3 is 0 Å². The Labute approximate surface area is 114 Å². The van der Waals surface area contributed by atoms with E-state index < -0.39 is 21.2 Å². The van der Waals surface area contributed by atoms with Crippen LogP contribution in [-0.2, 0) is 0 Å². The lowest BCUT2D eigenvalue weighted by molar-refractivity contribution is -0.423. The summed E-state index contributed by atoms with van der Waals surface area (Å²) in [7, 11) is 0. The Morgan fingerprint density at radius 3 is 1.59 bits per heavy atom. The van der Waals surface area contributed by atoms with E-state index in [0.717, 1.165) is 11.7 Å². The topological polar surface area (TPSA) is 112 Å². The van der Waals surface area contributed by atoms with Gasteiger partial charge in [-0.15, -0.1) is 0 Å². The minimum atomic E-state index is -0.828. The van der Waals surface area contributed by atoms with Crippen LogP contribution in [-0.4, -0.2) is 18.6 Å². The minimum Gasteiger partial charge on any atom is -0.258 e. The lowest BCUT2D eigenvalue weighted by Gasteiger charge is -2.00. The molecule has 8 nitrogen and oxygen atoms in total. The van der Waals surface area contributed by atoms with E-state index in [-0.39, 0.29) is 20.0 Å². The lowest BCUT2D eigenvalue weighted by atomic mass is 10.2. The summed E-state index contributed by atoms with van der Waals surface area (Å²) in [5, 5.41) is 21.7. The van der Waals surface area contributed by atoms with Gasteiger partial charge in [-0.05, 0) is 31.9 Å². The summed E-state index contributed by atoms with van der Waals surface area (Å²) in [6.45, 7) is 0. The molecule has 0 bridgehead atoms. The number of halogens is 2. The van der Waals surface area contributed by atoms with Gasteiger partial charge >= 0.3 is 11.4 Å². The van der Waals surface area contributed by atoms with E-state index in [1.54, 1.807) is 0 Å². The van der Waals surface area contributed by atoms with Crippen molar-refractivity contribution in [3.05, 3.63) is 29.2 Å². The van der Waals surface area contributed by atoms with Crippen LogP contribution < -0.4 is 0 Å². The first-order chi connectivity index (χ1) is 7.95. The highest BCUT2D eigenvalue weighted by Gasteiger charge is 2.35. The average molecular weight is 384 g/mol. The van der Waals surface area contributed by atoms with Gasteiger partial charge in [0.25, 0.3) is 0 Å². The van der Waals surface area contributed by atoms with Crippen molar-refractivity contribution in [3.63, 3.8) is 0 Å². The normalized spacial score (nSPS) is 10.7. The molecule has 88 valence electrons. The molecule has 1 heterocycles. The molecule has 0 aliphatic heterocycles. The number of benzene rings is 1. The third-order valence-corrected chi connectivity index (χ3v) is 3.94. The molecule has 0 atom stereocenters. The van der Waals surface area contributed by atoms with Gasteiger partial charge in [0.1, 0.15) is 20.0 Å². The quantitative estimate of drug-likeness (QED) is 0.581. The van der Waals surface area contributed by atoms with E-state index in [0.29, 0.717) is 0 Å². The van der Waals surface area contributed by atoms with Crippen LogP contribution in [0.15, 0.2) is 8.95 Å². The first-order valence-corrected chi connectivity index (χ1v) is 6.18. The second-order valence-corrected chi connectivity index (χ2v) is 4.92. The summed E-state index contributed by atoms with van der Waals surface area (Å²) < 4.78 is 7.62. The molecule has 0 aliphatic rings. The fourth-order valence-electron chi connectivity index (χ4n) is 1.24. The zero-order valence-electron chi connectivity index (χ0n) is 7.59. The molecular weight excluding hydrogens is 384 g/mol. The highest BCUT2D eigenvalue weighted by molar-refractivity contribution is 9.11. The fourth-order valence-corrected chi connectivity index (χ4v) is 3.25. The van der Waals surface area contributed by atoms with Crippen molar-refractivity contribution >= 4 is 66.0 Å². The van der Waals surface area contributed by atoms with E-state index in [2.05, 4.69) is 40.6 Å². The molecule has 0 radical (unpaired) electrons. The van der Waals surface area contributed by atoms with Crippen LogP contribution in [0.25, 0.3) is 11.0 Å². The number of nitrogens with zero attached hydrogens (tertiary/aromatic N) is 4. The largest absolute Gasteiger partial charge is 0.363 e. The fraction of sp³-hybridized carbons (Fsp3) is 0. The molecular formula is C6Br2N4O4S. The predicted molar refractivity (Wildman–Crippen MR) is 66.1 cm³/mol. The van der Waals surface area contributed by atoms with Crippen molar-refractivity contribution in [2.24, 2.45) is 0 Å². The zero-order valence-corrected chi connectivity index (χ0v) is 11.6. The van der Waals surface area contributed by atoms with Crippen LogP contribution >= 0.6 is 43.6 Å². The molecule has 1 aromatic heterocycles. The Bertz CT molecular complexity index is 603. The van der Waals surface area contributed by atoms with Gasteiger partial charge in [0.05, 0.1) is 21.6 Å². The number of rotatable bonds is 2. The van der Waals surface area contributed by atoms with Crippen LogP contribution in [0.3, 0.4) is 0 Å². The number of hydrogen-bond acceptors (Lipinski definition) is 7. The second-order valence-electron chi connectivity index (χ2n) is 2.80. The van der Waals surface area contributed by atoms with Crippen LogP contribution in [0.4, 0.5) is 11.4 Å². The van der Waals surface area contributed by atoms with Gasteiger partial charge in [0.15, 0.2) is 0 Å². The maximum Gasteiger partial charge on any atom is 0.363 e. The van der Waals surface area contributed by atoms with Gasteiger partial charge in [0, 0.05) is 0 Å². The molecule has 0 N–H and O–H groups in total. The highest BCUT2D eigenvalue weighted by atomic mass is 79.9. The van der Waals surface area contributed by atoms with Crippen molar-refractivity contribution in [2.75, 3.05) is 0 Å². The first kappa shape index (κ1) is 12.3. The maximum absolute atomic E-state index is 10.9. The van der Waals surface area contributed by atoms with E-state index in [9.17, 15) is 20.2 Å². The molecule has 2 rings (SSSR count). The summed E-state index contributed by atoms with van der Waals surface area (Å²) in [5.74, 6) is 0. The molecule has 1 aromatic carbocycles. The molecule has 11 heteroatoms. The molecule has 0 unspecified atom stereocenters. The Kier molecular flexibility index (Phi) is 3.05. The predicted octanol–water partition coefficient (Wildman–Crippen LogP) is 3.03. The van der Waals surface area contributed by atoms with Gasteiger partial charge in [-0.1, -0.05) is 0 Å². The van der Waals surface area contributed by atoms with Crippen molar-refractivity contribution in [3.8, 4) is 0 Å². The van der Waals surface area contributed by atoms with E-state index >= 15 is 0 Å². The van der Waals surface area contributed by atoms with Gasteiger partial charge in [-0.25, -0.2) is 0 Å². The molecule has 2 aromatic rings. The monoisotopic (exact) mass is 382 g/mol. The molecule has 17 heavy (non-hydrogen) atoms. The number of nitro groups is 2. The highest BCUT2D eigenvalue weighted by Crippen LogP contribution is 2.45. The van der Waals surface area contributed by atoms with E-state index in [4.69, 9.17) is 0 Å². The molecule has 0 fully saturated rings. The molecule has 0 spiro atoms. The maximum atomic E-state index is 10.9. The third kappa shape index (κ3) is 1.79. The summed E-state index contributed by atoms with van der Waals surface area (Å²) >= 11 is 6.72. The third-order valence-electron chi connectivity index (χ3n) is 1.91. The van der Waals surface area contributed by atoms with Crippen LogP contribution in [0.2, 0.25) is 0 Å². The standard InChI is InChI=1S/C6Br2N4O4S/c7-1-3-4(10-17-9-3)2(8)6(12(15)16)5(1)11(13)14. The van der Waals surface area contributed by atoms with E-state index in [1.807, 2.05) is 0 Å². The second kappa shape index (κ2) is 4.23. The number of nitro benzene ring substituents is 2. The first-order valence-electron chi connectivity index (χ1n) is 3.87. The average Bonchev–Trinajstić information content (AvgIpc) is 2.70. The Morgan fingerprint density at radius 1 is 0.941 bits per heavy atom. The Hall–Kier alpha value is -1.20. The van der Waals surface area contributed by atoms with Crippen LogP contribution in [0, 0.1) is 20.2 Å².